The molecule has 0 spiro atoms. The SMILES string of the molecule is CC(C1CC1)N(Cc1ccccc1)C(=O)Cn1nc2ccccn2c1=O. The summed E-state index contributed by atoms with van der Waals surface area (Å²) in [6.45, 7) is 2.62. The second-order valence-corrected chi connectivity index (χ2v) is 6.95. The minimum absolute atomic E-state index is 0.0373. The average molecular weight is 350 g/mol. The number of hydrogen-bond donors (Lipinski definition) is 0. The number of benzene rings is 1. The molecule has 1 aliphatic rings. The largest absolute Gasteiger partial charge is 0.350 e. The van der Waals surface area contributed by atoms with Gasteiger partial charge in [-0.3, -0.25) is 9.20 Å². The summed E-state index contributed by atoms with van der Waals surface area (Å²) in [6.07, 6.45) is 3.99. The Kier molecular flexibility index (Phi) is 4.32. The summed E-state index contributed by atoms with van der Waals surface area (Å²) in [5.74, 6) is 0.485. The van der Waals surface area contributed by atoms with Crippen LogP contribution in [0.25, 0.3) is 5.65 Å². The summed E-state index contributed by atoms with van der Waals surface area (Å²) in [5.41, 5.74) is 1.36. The predicted octanol–water partition coefficient (Wildman–Crippen LogP) is 2.32. The fourth-order valence-electron chi connectivity index (χ4n) is 3.36. The van der Waals surface area contributed by atoms with Crippen molar-refractivity contribution in [3.63, 3.8) is 0 Å². The molecule has 1 unspecified atom stereocenters. The summed E-state index contributed by atoms with van der Waals surface area (Å²) in [6, 6.07) is 15.5. The van der Waals surface area contributed by atoms with Gasteiger partial charge in [0.25, 0.3) is 0 Å². The number of pyridine rings is 1. The topological polar surface area (TPSA) is 59.6 Å². The lowest BCUT2D eigenvalue weighted by atomic mass is 10.1. The lowest BCUT2D eigenvalue weighted by Crippen LogP contribution is -2.42. The lowest BCUT2D eigenvalue weighted by molar-refractivity contribution is -0.135. The van der Waals surface area contributed by atoms with Crippen LogP contribution in [0.4, 0.5) is 0 Å². The Morgan fingerprint density at radius 2 is 1.92 bits per heavy atom. The molecule has 6 heteroatoms. The van der Waals surface area contributed by atoms with Gasteiger partial charge in [0.2, 0.25) is 5.91 Å². The average Bonchev–Trinajstić information content (AvgIpc) is 3.46. The summed E-state index contributed by atoms with van der Waals surface area (Å²) in [5, 5.41) is 4.28. The van der Waals surface area contributed by atoms with Gasteiger partial charge < -0.3 is 4.90 Å². The number of carbonyl (C=O) groups excluding carboxylic acids is 1. The van der Waals surface area contributed by atoms with Crippen molar-refractivity contribution in [1.29, 1.82) is 0 Å². The van der Waals surface area contributed by atoms with E-state index >= 15 is 0 Å². The van der Waals surface area contributed by atoms with E-state index in [0.29, 0.717) is 18.1 Å². The van der Waals surface area contributed by atoms with Crippen LogP contribution in [0, 0.1) is 5.92 Å². The van der Waals surface area contributed by atoms with Crippen LogP contribution in [0.15, 0.2) is 59.5 Å². The van der Waals surface area contributed by atoms with Crippen molar-refractivity contribution < 1.29 is 4.79 Å². The molecule has 134 valence electrons. The quantitative estimate of drug-likeness (QED) is 0.685. The number of fused-ring (bicyclic) bond motifs is 1. The van der Waals surface area contributed by atoms with E-state index in [2.05, 4.69) is 12.0 Å². The first-order chi connectivity index (χ1) is 12.6. The van der Waals surface area contributed by atoms with Gasteiger partial charge in [-0.2, -0.15) is 0 Å². The molecular formula is C20H22N4O2. The molecule has 0 saturated heterocycles. The van der Waals surface area contributed by atoms with Gasteiger partial charge in [0, 0.05) is 18.8 Å². The Bertz CT molecular complexity index is 972. The maximum atomic E-state index is 13.0. The first kappa shape index (κ1) is 16.6. The minimum Gasteiger partial charge on any atom is -0.334 e. The zero-order valence-corrected chi connectivity index (χ0v) is 14.8. The van der Waals surface area contributed by atoms with E-state index in [0.717, 1.165) is 18.4 Å². The van der Waals surface area contributed by atoms with Crippen molar-refractivity contribution in [2.75, 3.05) is 0 Å². The second kappa shape index (κ2) is 6.78. The van der Waals surface area contributed by atoms with E-state index in [9.17, 15) is 9.59 Å². The highest BCUT2D eigenvalue weighted by molar-refractivity contribution is 5.76. The van der Waals surface area contributed by atoms with Gasteiger partial charge in [0.1, 0.15) is 6.54 Å². The number of rotatable bonds is 6. The summed E-state index contributed by atoms with van der Waals surface area (Å²) < 4.78 is 2.72. The third-order valence-corrected chi connectivity index (χ3v) is 5.09. The highest BCUT2D eigenvalue weighted by atomic mass is 16.2. The number of nitrogens with zero attached hydrogens (tertiary/aromatic N) is 4. The third kappa shape index (κ3) is 3.27. The molecule has 1 saturated carbocycles. The van der Waals surface area contributed by atoms with Gasteiger partial charge in [0.05, 0.1) is 0 Å². The molecule has 1 atom stereocenters. The van der Waals surface area contributed by atoms with Crippen LogP contribution in [0.2, 0.25) is 0 Å². The Balaban J connectivity index is 1.59. The molecular weight excluding hydrogens is 328 g/mol. The predicted molar refractivity (Wildman–Crippen MR) is 98.6 cm³/mol. The van der Waals surface area contributed by atoms with Crippen molar-refractivity contribution in [3.8, 4) is 0 Å². The van der Waals surface area contributed by atoms with Gasteiger partial charge in [-0.1, -0.05) is 36.4 Å². The molecule has 0 radical (unpaired) electrons. The summed E-state index contributed by atoms with van der Waals surface area (Å²) in [7, 11) is 0. The van der Waals surface area contributed by atoms with Crippen LogP contribution in [-0.2, 0) is 17.9 Å². The second-order valence-electron chi connectivity index (χ2n) is 6.95. The molecule has 1 aromatic carbocycles. The zero-order valence-electron chi connectivity index (χ0n) is 14.8. The third-order valence-electron chi connectivity index (χ3n) is 5.09. The molecule has 6 nitrogen and oxygen atoms in total. The number of carbonyl (C=O) groups is 1. The molecule has 1 aliphatic carbocycles. The van der Waals surface area contributed by atoms with Crippen LogP contribution < -0.4 is 5.69 Å². The number of aromatic nitrogens is 3. The molecule has 0 aliphatic heterocycles. The van der Waals surface area contributed by atoms with Crippen LogP contribution in [-0.4, -0.2) is 31.0 Å². The van der Waals surface area contributed by atoms with E-state index in [1.807, 2.05) is 41.3 Å². The first-order valence-corrected chi connectivity index (χ1v) is 9.01. The van der Waals surface area contributed by atoms with Crippen molar-refractivity contribution >= 4 is 11.6 Å². The molecule has 0 N–H and O–H groups in total. The van der Waals surface area contributed by atoms with Crippen molar-refractivity contribution in [2.45, 2.75) is 38.9 Å². The number of hydrogen-bond acceptors (Lipinski definition) is 3. The van der Waals surface area contributed by atoms with Gasteiger partial charge in [-0.15, -0.1) is 5.10 Å². The summed E-state index contributed by atoms with van der Waals surface area (Å²) in [4.78, 5) is 27.4. The standard InChI is InChI=1S/C20H22N4O2/c1-15(17-10-11-17)23(13-16-7-3-2-4-8-16)19(25)14-24-20(26)22-12-6-5-9-18(22)21-24/h2-9,12,15,17H,10-11,13-14H2,1H3. The van der Waals surface area contributed by atoms with Gasteiger partial charge in [0.15, 0.2) is 5.65 Å². The normalized spacial score (nSPS) is 15.1. The van der Waals surface area contributed by atoms with Crippen LogP contribution in [0.1, 0.15) is 25.3 Å². The zero-order chi connectivity index (χ0) is 18.1. The van der Waals surface area contributed by atoms with Crippen molar-refractivity contribution in [2.24, 2.45) is 5.92 Å². The van der Waals surface area contributed by atoms with Gasteiger partial charge >= 0.3 is 5.69 Å². The van der Waals surface area contributed by atoms with Crippen LogP contribution in [0.3, 0.4) is 0 Å². The fraction of sp³-hybridized carbons (Fsp3) is 0.350. The molecule has 26 heavy (non-hydrogen) atoms. The molecule has 2 aromatic heterocycles. The number of amides is 1. The van der Waals surface area contributed by atoms with E-state index in [1.54, 1.807) is 18.3 Å². The molecule has 3 aromatic rings. The van der Waals surface area contributed by atoms with E-state index < -0.39 is 0 Å². The molecule has 0 bridgehead atoms. The van der Waals surface area contributed by atoms with Gasteiger partial charge in [-0.25, -0.2) is 9.48 Å². The highest BCUT2D eigenvalue weighted by Crippen LogP contribution is 2.35. The first-order valence-electron chi connectivity index (χ1n) is 9.01. The Labute approximate surface area is 151 Å². The lowest BCUT2D eigenvalue weighted by Gasteiger charge is -2.29. The minimum atomic E-state index is -0.285. The smallest absolute Gasteiger partial charge is 0.334 e. The molecule has 2 heterocycles. The van der Waals surface area contributed by atoms with E-state index in [4.69, 9.17) is 0 Å². The van der Waals surface area contributed by atoms with E-state index in [-0.39, 0.29) is 24.2 Å². The monoisotopic (exact) mass is 350 g/mol. The van der Waals surface area contributed by atoms with Crippen LogP contribution in [0.5, 0.6) is 0 Å². The van der Waals surface area contributed by atoms with Crippen molar-refractivity contribution in [1.82, 2.24) is 19.1 Å². The maximum absolute atomic E-state index is 13.0. The Morgan fingerprint density at radius 1 is 1.19 bits per heavy atom. The Morgan fingerprint density at radius 3 is 2.62 bits per heavy atom. The molecule has 1 fully saturated rings. The Hall–Kier alpha value is -2.89. The van der Waals surface area contributed by atoms with Crippen LogP contribution >= 0.6 is 0 Å². The maximum Gasteiger partial charge on any atom is 0.350 e. The molecule has 4 rings (SSSR count). The summed E-state index contributed by atoms with van der Waals surface area (Å²) >= 11 is 0. The van der Waals surface area contributed by atoms with E-state index in [1.165, 1.54) is 9.08 Å². The fourth-order valence-corrected chi connectivity index (χ4v) is 3.36. The highest BCUT2D eigenvalue weighted by Gasteiger charge is 2.34. The van der Waals surface area contributed by atoms with Crippen molar-refractivity contribution in [3.05, 3.63) is 70.8 Å². The van der Waals surface area contributed by atoms with Gasteiger partial charge in [-0.05, 0) is 43.4 Å². The molecule has 1 amide bonds.